The van der Waals surface area contributed by atoms with Crippen molar-refractivity contribution >= 4 is 27.7 Å². The minimum atomic E-state index is 0.704. The van der Waals surface area contributed by atoms with E-state index < -0.39 is 0 Å². The number of rotatable bonds is 4. The number of benzene rings is 3. The molecule has 0 atom stereocenters. The minimum absolute atomic E-state index is 0.704. The second-order valence-electron chi connectivity index (χ2n) is 7.16. The smallest absolute Gasteiger partial charge is 0.146 e. The maximum Gasteiger partial charge on any atom is 0.146 e. The van der Waals surface area contributed by atoms with Gasteiger partial charge in [0.25, 0.3) is 0 Å². The average molecular weight is 391 g/mol. The Morgan fingerprint density at radius 3 is 2.57 bits per heavy atom. The molecule has 0 fully saturated rings. The monoisotopic (exact) mass is 391 g/mol. The standard InChI is InChI=1S/C26H21N3O/c1-2-18-12-14-24-21(16-18)23(17-25(30-24)20-9-4-3-5-10-20)28-29-26-15-13-19-8-6-7-11-22(19)27-26/h3-17H,2H2,1H3,(H,27,29). The third kappa shape index (κ3) is 3.55. The first-order valence-electron chi connectivity index (χ1n) is 10.1. The van der Waals surface area contributed by atoms with Gasteiger partial charge in [0.1, 0.15) is 17.2 Å². The van der Waals surface area contributed by atoms with Gasteiger partial charge >= 0.3 is 0 Å². The maximum atomic E-state index is 6.19. The molecule has 0 aliphatic rings. The molecule has 2 aromatic heterocycles. The van der Waals surface area contributed by atoms with Crippen LogP contribution in [0.25, 0.3) is 33.2 Å². The summed E-state index contributed by atoms with van der Waals surface area (Å²) in [5.41, 5.74) is 7.13. The van der Waals surface area contributed by atoms with Gasteiger partial charge in [0.15, 0.2) is 0 Å². The molecule has 0 saturated heterocycles. The summed E-state index contributed by atoms with van der Waals surface area (Å²) in [6.07, 6.45) is 0.954. The van der Waals surface area contributed by atoms with Gasteiger partial charge in [-0.1, -0.05) is 61.5 Å². The van der Waals surface area contributed by atoms with E-state index in [2.05, 4.69) is 29.5 Å². The number of nitrogens with one attached hydrogen (secondary N) is 1. The first kappa shape index (κ1) is 18.1. The first-order chi connectivity index (χ1) is 14.8. The van der Waals surface area contributed by atoms with Crippen LogP contribution in [-0.4, -0.2) is 4.98 Å². The quantitative estimate of drug-likeness (QED) is 0.375. The Hall–Kier alpha value is -3.92. The molecule has 0 aliphatic heterocycles. The zero-order chi connectivity index (χ0) is 20.3. The van der Waals surface area contributed by atoms with E-state index in [9.17, 15) is 0 Å². The molecule has 0 aliphatic carbocycles. The van der Waals surface area contributed by atoms with E-state index in [4.69, 9.17) is 9.52 Å². The van der Waals surface area contributed by atoms with E-state index in [0.717, 1.165) is 45.0 Å². The highest BCUT2D eigenvalue weighted by Crippen LogP contribution is 2.23. The van der Waals surface area contributed by atoms with Crippen molar-refractivity contribution in [3.63, 3.8) is 0 Å². The predicted molar refractivity (Wildman–Crippen MR) is 122 cm³/mol. The Kier molecular flexibility index (Phi) is 4.74. The summed E-state index contributed by atoms with van der Waals surface area (Å²) in [5, 5.41) is 7.60. The highest BCUT2D eigenvalue weighted by molar-refractivity contribution is 5.81. The molecule has 3 aromatic carbocycles. The molecule has 5 aromatic rings. The summed E-state index contributed by atoms with van der Waals surface area (Å²) in [5.74, 6) is 1.48. The average Bonchev–Trinajstić information content (AvgIpc) is 2.82. The van der Waals surface area contributed by atoms with Crippen molar-refractivity contribution in [2.24, 2.45) is 5.10 Å². The van der Waals surface area contributed by atoms with Crippen molar-refractivity contribution in [2.45, 2.75) is 13.3 Å². The predicted octanol–water partition coefficient (Wildman–Crippen LogP) is 6.14. The molecule has 0 bridgehead atoms. The molecule has 146 valence electrons. The Morgan fingerprint density at radius 1 is 0.867 bits per heavy atom. The van der Waals surface area contributed by atoms with Crippen molar-refractivity contribution in [3.8, 4) is 11.3 Å². The number of nitrogens with zero attached hydrogens (tertiary/aromatic N) is 2. The third-order valence-corrected chi connectivity index (χ3v) is 5.16. The summed E-state index contributed by atoms with van der Waals surface area (Å²) >= 11 is 0. The Labute approximate surface area is 174 Å². The molecule has 0 saturated carbocycles. The molecule has 4 nitrogen and oxygen atoms in total. The molecule has 0 spiro atoms. The van der Waals surface area contributed by atoms with Crippen LogP contribution in [0, 0.1) is 0 Å². The van der Waals surface area contributed by atoms with E-state index in [1.165, 1.54) is 5.56 Å². The van der Waals surface area contributed by atoms with Gasteiger partial charge in [-0.3, -0.25) is 5.43 Å². The molecule has 4 heteroatoms. The van der Waals surface area contributed by atoms with Crippen LogP contribution in [0.1, 0.15) is 12.5 Å². The van der Waals surface area contributed by atoms with Gasteiger partial charge in [0.2, 0.25) is 0 Å². The largest absolute Gasteiger partial charge is 0.456 e. The minimum Gasteiger partial charge on any atom is -0.456 e. The Bertz CT molecular complexity index is 1400. The Balaban J connectivity index is 1.64. The van der Waals surface area contributed by atoms with Crippen LogP contribution >= 0.6 is 0 Å². The lowest BCUT2D eigenvalue weighted by Crippen LogP contribution is -2.08. The Morgan fingerprint density at radius 2 is 1.70 bits per heavy atom. The molecule has 0 amide bonds. The van der Waals surface area contributed by atoms with E-state index in [1.54, 1.807) is 0 Å². The van der Waals surface area contributed by atoms with E-state index in [-0.39, 0.29) is 0 Å². The number of hydrogen-bond acceptors (Lipinski definition) is 4. The summed E-state index contributed by atoms with van der Waals surface area (Å²) in [6.45, 7) is 2.14. The number of aryl methyl sites for hydroxylation is 1. The summed E-state index contributed by atoms with van der Waals surface area (Å²) in [4.78, 5) is 4.66. The van der Waals surface area contributed by atoms with Crippen LogP contribution in [-0.2, 0) is 6.42 Å². The van der Waals surface area contributed by atoms with Crippen LogP contribution in [0.5, 0.6) is 0 Å². The molecular weight excluding hydrogens is 370 g/mol. The van der Waals surface area contributed by atoms with Crippen molar-refractivity contribution in [1.82, 2.24) is 4.98 Å². The lowest BCUT2D eigenvalue weighted by atomic mass is 10.1. The summed E-state index contributed by atoms with van der Waals surface area (Å²) < 4.78 is 6.19. The van der Waals surface area contributed by atoms with Crippen molar-refractivity contribution in [1.29, 1.82) is 0 Å². The van der Waals surface area contributed by atoms with Crippen LogP contribution in [0.15, 0.2) is 101 Å². The third-order valence-electron chi connectivity index (χ3n) is 5.16. The fourth-order valence-corrected chi connectivity index (χ4v) is 3.52. The molecule has 0 radical (unpaired) electrons. The number of anilines is 1. The summed E-state index contributed by atoms with van der Waals surface area (Å²) in [6, 6.07) is 30.3. The van der Waals surface area contributed by atoms with Gasteiger partial charge in [-0.15, -0.1) is 0 Å². The van der Waals surface area contributed by atoms with Crippen molar-refractivity contribution < 1.29 is 4.42 Å². The SMILES string of the molecule is CCc1ccc2oc(-c3ccccc3)cc(=NNc3ccc4ccccc4n3)c2c1. The zero-order valence-corrected chi connectivity index (χ0v) is 16.7. The second kappa shape index (κ2) is 7.84. The van der Waals surface area contributed by atoms with Crippen LogP contribution in [0.4, 0.5) is 5.82 Å². The van der Waals surface area contributed by atoms with E-state index in [0.29, 0.717) is 5.82 Å². The molecule has 1 N–H and O–H groups in total. The number of pyridine rings is 1. The highest BCUT2D eigenvalue weighted by Gasteiger charge is 2.07. The van der Waals surface area contributed by atoms with Gasteiger partial charge in [-0.05, 0) is 42.3 Å². The topological polar surface area (TPSA) is 50.4 Å². The molecule has 2 heterocycles. The fraction of sp³-hybridized carbons (Fsp3) is 0.0769. The normalized spacial score (nSPS) is 11.8. The number of para-hydroxylation sites is 1. The molecule has 0 unspecified atom stereocenters. The van der Waals surface area contributed by atoms with Gasteiger partial charge in [0.05, 0.1) is 10.9 Å². The van der Waals surface area contributed by atoms with Crippen molar-refractivity contribution in [3.05, 3.63) is 102 Å². The molecule has 30 heavy (non-hydrogen) atoms. The van der Waals surface area contributed by atoms with E-state index >= 15 is 0 Å². The molecule has 5 rings (SSSR count). The van der Waals surface area contributed by atoms with Crippen LogP contribution < -0.4 is 10.8 Å². The lowest BCUT2D eigenvalue weighted by molar-refractivity contribution is 0.618. The van der Waals surface area contributed by atoms with Crippen LogP contribution in [0.2, 0.25) is 0 Å². The summed E-state index contributed by atoms with van der Waals surface area (Å²) in [7, 11) is 0. The number of aromatic nitrogens is 1. The van der Waals surface area contributed by atoms with Crippen molar-refractivity contribution in [2.75, 3.05) is 5.43 Å². The highest BCUT2D eigenvalue weighted by atomic mass is 16.3. The number of fused-ring (bicyclic) bond motifs is 2. The van der Waals surface area contributed by atoms with Gasteiger partial charge in [-0.2, -0.15) is 5.10 Å². The van der Waals surface area contributed by atoms with E-state index in [1.807, 2.05) is 78.9 Å². The van der Waals surface area contributed by atoms with Crippen LogP contribution in [0.3, 0.4) is 0 Å². The van der Waals surface area contributed by atoms with Gasteiger partial charge in [0, 0.05) is 22.4 Å². The lowest BCUT2D eigenvalue weighted by Gasteiger charge is -2.07. The number of hydrogen-bond donors (Lipinski definition) is 1. The first-order valence-corrected chi connectivity index (χ1v) is 10.1. The molecular formula is C26H21N3O. The maximum absolute atomic E-state index is 6.19. The zero-order valence-electron chi connectivity index (χ0n) is 16.7. The van der Waals surface area contributed by atoms with Gasteiger partial charge < -0.3 is 4.42 Å². The van der Waals surface area contributed by atoms with Gasteiger partial charge in [-0.25, -0.2) is 4.98 Å². The second-order valence-corrected chi connectivity index (χ2v) is 7.16. The fourth-order valence-electron chi connectivity index (χ4n) is 3.52.